The summed E-state index contributed by atoms with van der Waals surface area (Å²) in [5, 5.41) is 4.19. The average Bonchev–Trinajstić information content (AvgIpc) is 2.97. The van der Waals surface area contributed by atoms with Crippen LogP contribution in [0.15, 0.2) is 18.5 Å². The highest BCUT2D eigenvalue weighted by atomic mass is 32.1. The number of carbonyl (C=O) groups is 1. The van der Waals surface area contributed by atoms with Crippen LogP contribution >= 0.6 is 11.3 Å². The Labute approximate surface area is 127 Å². The minimum absolute atomic E-state index is 0.00285. The lowest BCUT2D eigenvalue weighted by Gasteiger charge is -2.13. The van der Waals surface area contributed by atoms with Crippen molar-refractivity contribution in [2.45, 2.75) is 26.3 Å². The van der Waals surface area contributed by atoms with E-state index in [9.17, 15) is 4.79 Å². The molecule has 1 unspecified atom stereocenters. The fraction of sp³-hybridized carbons (Fsp3) is 0.357. The molecule has 21 heavy (non-hydrogen) atoms. The SMILES string of the molecule is CCc1cnc(C(C)Nc2cc(C(=O)OC)c(N)cn2)s1. The van der Waals surface area contributed by atoms with Crippen molar-refractivity contribution in [3.63, 3.8) is 0 Å². The van der Waals surface area contributed by atoms with Crippen molar-refractivity contribution in [1.29, 1.82) is 0 Å². The molecule has 0 spiro atoms. The van der Waals surface area contributed by atoms with Gasteiger partial charge in [-0.05, 0) is 19.4 Å². The number of nitrogen functional groups attached to an aromatic ring is 1. The summed E-state index contributed by atoms with van der Waals surface area (Å²) < 4.78 is 4.69. The van der Waals surface area contributed by atoms with E-state index in [0.717, 1.165) is 11.4 Å². The first-order valence-corrected chi connectivity index (χ1v) is 7.41. The summed E-state index contributed by atoms with van der Waals surface area (Å²) in [4.78, 5) is 21.4. The Hall–Kier alpha value is -2.15. The summed E-state index contributed by atoms with van der Waals surface area (Å²) in [6, 6.07) is 1.59. The largest absolute Gasteiger partial charge is 0.465 e. The highest BCUT2D eigenvalue weighted by Gasteiger charge is 2.14. The Bertz CT molecular complexity index is 642. The zero-order chi connectivity index (χ0) is 15.4. The Balaban J connectivity index is 2.17. The number of pyridine rings is 1. The second kappa shape index (κ2) is 6.53. The number of carbonyl (C=O) groups excluding carboxylic acids is 1. The van der Waals surface area contributed by atoms with E-state index < -0.39 is 5.97 Å². The summed E-state index contributed by atoms with van der Waals surface area (Å²) in [5.41, 5.74) is 6.32. The molecule has 6 nitrogen and oxygen atoms in total. The predicted molar refractivity (Wildman–Crippen MR) is 83.5 cm³/mol. The number of rotatable bonds is 5. The van der Waals surface area contributed by atoms with Crippen LogP contribution in [-0.4, -0.2) is 23.0 Å². The topological polar surface area (TPSA) is 90.1 Å². The number of aryl methyl sites for hydroxylation is 1. The number of aromatic nitrogens is 2. The maximum absolute atomic E-state index is 11.6. The van der Waals surface area contributed by atoms with Crippen LogP contribution in [0.4, 0.5) is 11.5 Å². The number of hydrogen-bond donors (Lipinski definition) is 2. The monoisotopic (exact) mass is 306 g/mol. The van der Waals surface area contributed by atoms with Gasteiger partial charge in [0.15, 0.2) is 0 Å². The van der Waals surface area contributed by atoms with E-state index in [4.69, 9.17) is 10.5 Å². The summed E-state index contributed by atoms with van der Waals surface area (Å²) in [7, 11) is 1.32. The van der Waals surface area contributed by atoms with Crippen molar-refractivity contribution >= 4 is 28.8 Å². The van der Waals surface area contributed by atoms with Crippen molar-refractivity contribution in [3.05, 3.63) is 33.9 Å². The lowest BCUT2D eigenvalue weighted by Crippen LogP contribution is -2.11. The van der Waals surface area contributed by atoms with Crippen LogP contribution < -0.4 is 11.1 Å². The fourth-order valence-corrected chi connectivity index (χ4v) is 2.66. The maximum atomic E-state index is 11.6. The van der Waals surface area contributed by atoms with E-state index in [1.54, 1.807) is 17.4 Å². The standard InChI is InChI=1S/C14H18N4O2S/c1-4-9-6-17-13(21-9)8(2)18-12-5-10(14(19)20-3)11(15)7-16-12/h5-8H,4,15H2,1-3H3,(H,16,18). The van der Waals surface area contributed by atoms with E-state index in [2.05, 4.69) is 22.2 Å². The number of nitrogens with zero attached hydrogens (tertiary/aromatic N) is 2. The lowest BCUT2D eigenvalue weighted by atomic mass is 10.2. The van der Waals surface area contributed by atoms with E-state index >= 15 is 0 Å². The summed E-state index contributed by atoms with van der Waals surface area (Å²) in [6.07, 6.45) is 4.30. The number of hydrogen-bond acceptors (Lipinski definition) is 7. The Morgan fingerprint density at radius 1 is 1.48 bits per heavy atom. The molecule has 0 aliphatic carbocycles. The van der Waals surface area contributed by atoms with Gasteiger partial charge in [-0.3, -0.25) is 0 Å². The highest BCUT2D eigenvalue weighted by Crippen LogP contribution is 2.24. The van der Waals surface area contributed by atoms with Gasteiger partial charge in [-0.15, -0.1) is 11.3 Å². The third kappa shape index (κ3) is 3.49. The van der Waals surface area contributed by atoms with E-state index in [1.807, 2.05) is 13.1 Å². The quantitative estimate of drug-likeness (QED) is 0.825. The van der Waals surface area contributed by atoms with Gasteiger partial charge in [0.05, 0.1) is 30.6 Å². The number of methoxy groups -OCH3 is 1. The second-order valence-electron chi connectivity index (χ2n) is 4.53. The molecule has 3 N–H and O–H groups in total. The van der Waals surface area contributed by atoms with Crippen LogP contribution in [0.2, 0.25) is 0 Å². The van der Waals surface area contributed by atoms with Crippen LogP contribution in [0.3, 0.4) is 0 Å². The van der Waals surface area contributed by atoms with Crippen LogP contribution in [-0.2, 0) is 11.2 Å². The van der Waals surface area contributed by atoms with Crippen molar-refractivity contribution in [3.8, 4) is 0 Å². The normalized spacial score (nSPS) is 12.0. The summed E-state index contributed by atoms with van der Waals surface area (Å²) in [6.45, 7) is 4.09. The minimum atomic E-state index is -0.479. The van der Waals surface area contributed by atoms with Crippen molar-refractivity contribution in [1.82, 2.24) is 9.97 Å². The molecule has 2 rings (SSSR count). The van der Waals surface area contributed by atoms with Crippen LogP contribution in [0, 0.1) is 0 Å². The second-order valence-corrected chi connectivity index (χ2v) is 5.68. The number of esters is 1. The predicted octanol–water partition coefficient (Wildman–Crippen LogP) is 2.64. The van der Waals surface area contributed by atoms with Gasteiger partial charge in [0.25, 0.3) is 0 Å². The molecule has 112 valence electrons. The third-order valence-electron chi connectivity index (χ3n) is 2.99. The van der Waals surface area contributed by atoms with Gasteiger partial charge in [-0.1, -0.05) is 6.92 Å². The van der Waals surface area contributed by atoms with E-state index in [0.29, 0.717) is 17.1 Å². The van der Waals surface area contributed by atoms with Gasteiger partial charge in [0.1, 0.15) is 10.8 Å². The van der Waals surface area contributed by atoms with Crippen LogP contribution in [0.5, 0.6) is 0 Å². The van der Waals surface area contributed by atoms with Gasteiger partial charge in [-0.2, -0.15) is 0 Å². The molecule has 2 aromatic rings. The summed E-state index contributed by atoms with van der Waals surface area (Å²) >= 11 is 1.66. The molecule has 2 aromatic heterocycles. The van der Waals surface area contributed by atoms with Gasteiger partial charge in [0.2, 0.25) is 0 Å². The molecule has 0 aliphatic heterocycles. The first-order valence-electron chi connectivity index (χ1n) is 6.60. The average molecular weight is 306 g/mol. The minimum Gasteiger partial charge on any atom is -0.465 e. The Morgan fingerprint density at radius 2 is 2.24 bits per heavy atom. The molecule has 0 amide bonds. The molecular formula is C14H18N4O2S. The zero-order valence-corrected chi connectivity index (χ0v) is 13.0. The van der Waals surface area contributed by atoms with Gasteiger partial charge in [-0.25, -0.2) is 14.8 Å². The number of nitrogens with two attached hydrogens (primary N) is 1. The van der Waals surface area contributed by atoms with Gasteiger partial charge >= 0.3 is 5.97 Å². The molecule has 0 fully saturated rings. The van der Waals surface area contributed by atoms with Crippen LogP contribution in [0.1, 0.15) is 40.1 Å². The molecule has 0 saturated carbocycles. The van der Waals surface area contributed by atoms with Gasteiger partial charge in [0, 0.05) is 11.1 Å². The first kappa shape index (κ1) is 15.2. The van der Waals surface area contributed by atoms with Crippen LogP contribution in [0.25, 0.3) is 0 Å². The maximum Gasteiger partial charge on any atom is 0.340 e. The lowest BCUT2D eigenvalue weighted by molar-refractivity contribution is 0.0602. The van der Waals surface area contributed by atoms with Crippen molar-refractivity contribution < 1.29 is 9.53 Å². The molecule has 0 radical (unpaired) electrons. The number of thiazole rings is 1. The molecule has 0 aromatic carbocycles. The molecule has 2 heterocycles. The Kier molecular flexibility index (Phi) is 4.74. The smallest absolute Gasteiger partial charge is 0.340 e. The van der Waals surface area contributed by atoms with Gasteiger partial charge < -0.3 is 15.8 Å². The summed E-state index contributed by atoms with van der Waals surface area (Å²) in [5.74, 6) is 0.0819. The number of nitrogens with one attached hydrogen (secondary N) is 1. The molecule has 0 bridgehead atoms. The van der Waals surface area contributed by atoms with Crippen molar-refractivity contribution in [2.75, 3.05) is 18.2 Å². The third-order valence-corrected chi connectivity index (χ3v) is 4.32. The zero-order valence-electron chi connectivity index (χ0n) is 12.2. The number of ether oxygens (including phenoxy) is 1. The fourth-order valence-electron chi connectivity index (χ4n) is 1.80. The van der Waals surface area contributed by atoms with Crippen molar-refractivity contribution in [2.24, 2.45) is 0 Å². The molecule has 0 aliphatic rings. The highest BCUT2D eigenvalue weighted by molar-refractivity contribution is 7.11. The molecule has 1 atom stereocenters. The number of anilines is 2. The molecular weight excluding hydrogens is 288 g/mol. The van der Waals surface area contributed by atoms with E-state index in [1.165, 1.54) is 18.2 Å². The molecule has 7 heteroatoms. The first-order chi connectivity index (χ1) is 10.0. The molecule has 0 saturated heterocycles. The Morgan fingerprint density at radius 3 is 2.86 bits per heavy atom. The van der Waals surface area contributed by atoms with E-state index in [-0.39, 0.29) is 6.04 Å².